The number of rotatable bonds is 18. The van der Waals surface area contributed by atoms with E-state index in [1.807, 2.05) is 72.7 Å². The lowest BCUT2D eigenvalue weighted by Gasteiger charge is -2.56. The van der Waals surface area contributed by atoms with Crippen molar-refractivity contribution >= 4 is 52.9 Å². The van der Waals surface area contributed by atoms with Crippen molar-refractivity contribution in [3.63, 3.8) is 0 Å². The highest BCUT2D eigenvalue weighted by atomic mass is 16.6. The molecular weight excluding hydrogens is 999 g/mol. The first-order valence-electron chi connectivity index (χ1n) is 29.4. The van der Waals surface area contributed by atoms with E-state index < -0.39 is 63.8 Å². The summed E-state index contributed by atoms with van der Waals surface area (Å²) in [6, 6.07) is 9.21. The van der Waals surface area contributed by atoms with Crippen LogP contribution in [0, 0.1) is 40.4 Å². The molecular formula is C63H91N7O9. The van der Waals surface area contributed by atoms with E-state index in [9.17, 15) is 33.6 Å². The zero-order valence-corrected chi connectivity index (χ0v) is 48.9. The Labute approximate surface area is 469 Å². The van der Waals surface area contributed by atoms with Crippen LogP contribution in [0.1, 0.15) is 194 Å². The number of nitrogens with one attached hydrogen (secondary N) is 6. The average Bonchev–Trinajstić information content (AvgIpc) is 3.55. The second-order valence-electron chi connectivity index (χ2n) is 25.8. The molecule has 0 aromatic heterocycles. The second-order valence-corrected chi connectivity index (χ2v) is 25.8. The standard InChI is InChI=1S/C63H91N7O9/c1-39(2)52(69-54(73)48(64)22-16-17-35-65-51(71)38-78-45-20-14-12-11-13-15-21-45)55(74)66-40(3)53(72)67-43-27-23-41-25-29-49-60(7,46(41)36-43)31-18-33-62(49,9)56(75)70-57(76)63(10)34-19-32-61(8)47-37-44(68-58(77)79-59(4,5)6)28-24-42(47)26-30-50(61)63/h23-24,27-28,36-37,39-40,45,48-50,52H,11-14,16-20,22,25-26,29-35,38,64H2,1-10H3,(H,65,71)(H,66,74)(H,67,72)(H,68,77)(H,69,73)(H,70,75,76)/t40-,45?,48+,49+,50+,52-,60+,61+,62-,63-/m0/s1. The number of nitrogens with two attached hydrogens (primary N) is 1. The highest BCUT2D eigenvalue weighted by Crippen LogP contribution is 2.60. The van der Waals surface area contributed by atoms with Crippen molar-refractivity contribution in [3.05, 3.63) is 58.7 Å². The third-order valence-corrected chi connectivity index (χ3v) is 18.4. The summed E-state index contributed by atoms with van der Waals surface area (Å²) >= 11 is 0. The Morgan fingerprint density at radius 1 is 0.696 bits per heavy atom. The number of aryl methyl sites for hydroxylation is 2. The molecule has 5 aliphatic carbocycles. The summed E-state index contributed by atoms with van der Waals surface area (Å²) in [5.41, 5.74) is 9.03. The van der Waals surface area contributed by atoms with Crippen molar-refractivity contribution in [2.75, 3.05) is 23.8 Å². The van der Waals surface area contributed by atoms with Crippen LogP contribution in [0.3, 0.4) is 0 Å². The van der Waals surface area contributed by atoms with E-state index >= 15 is 0 Å². The number of imide groups is 1. The van der Waals surface area contributed by atoms with Gasteiger partial charge in [-0.1, -0.05) is 78.9 Å². The van der Waals surface area contributed by atoms with E-state index in [1.165, 1.54) is 5.56 Å². The third-order valence-electron chi connectivity index (χ3n) is 18.4. The number of hydrogen-bond acceptors (Lipinski definition) is 10. The average molecular weight is 1090 g/mol. The summed E-state index contributed by atoms with van der Waals surface area (Å²) in [5.74, 6) is 3.73. The number of ether oxygens (including phenoxy) is 2. The largest absolute Gasteiger partial charge is 0.444 e. The molecule has 432 valence electrons. The molecule has 16 nitrogen and oxygen atoms in total. The van der Waals surface area contributed by atoms with Crippen LogP contribution >= 0.6 is 0 Å². The van der Waals surface area contributed by atoms with Crippen molar-refractivity contribution < 1.29 is 43.0 Å². The van der Waals surface area contributed by atoms with E-state index in [4.69, 9.17) is 15.2 Å². The molecule has 8 N–H and O–H groups in total. The molecule has 10 atom stereocenters. The summed E-state index contributed by atoms with van der Waals surface area (Å²) in [6.07, 6.45) is 13.5. The van der Waals surface area contributed by atoms with Gasteiger partial charge in [-0.3, -0.25) is 39.4 Å². The normalized spacial score (nSPS) is 27.4. The van der Waals surface area contributed by atoms with Gasteiger partial charge in [-0.15, -0.1) is 5.92 Å². The molecule has 0 saturated heterocycles. The van der Waals surface area contributed by atoms with E-state index in [2.05, 4.69) is 69.7 Å². The first-order chi connectivity index (χ1) is 37.3. The number of fused-ring (bicyclic) bond motifs is 6. The molecule has 0 aliphatic heterocycles. The Bertz CT molecular complexity index is 2670. The van der Waals surface area contributed by atoms with Crippen LogP contribution in [0.15, 0.2) is 36.4 Å². The summed E-state index contributed by atoms with van der Waals surface area (Å²) in [4.78, 5) is 95.5. The minimum absolute atomic E-state index is 0.0265. The monoisotopic (exact) mass is 1090 g/mol. The molecule has 2 aromatic rings. The minimum atomic E-state index is -0.950. The molecule has 2 saturated carbocycles. The van der Waals surface area contributed by atoms with Crippen molar-refractivity contribution in [2.24, 2.45) is 34.3 Å². The Balaban J connectivity index is 0.922. The number of unbranched alkanes of at least 4 members (excludes halogenated alkanes) is 1. The van der Waals surface area contributed by atoms with E-state index in [1.54, 1.807) is 6.92 Å². The smallest absolute Gasteiger partial charge is 0.412 e. The second kappa shape index (κ2) is 25.3. The first-order valence-corrected chi connectivity index (χ1v) is 29.4. The summed E-state index contributed by atoms with van der Waals surface area (Å²) in [6.45, 7) is 19.6. The maximum atomic E-state index is 14.9. The van der Waals surface area contributed by atoms with Gasteiger partial charge < -0.3 is 36.5 Å². The van der Waals surface area contributed by atoms with Gasteiger partial charge in [0, 0.05) is 24.3 Å². The van der Waals surface area contributed by atoms with Crippen molar-refractivity contribution in [2.45, 2.75) is 225 Å². The molecule has 0 spiro atoms. The quantitative estimate of drug-likeness (QED) is 0.0425. The zero-order chi connectivity index (χ0) is 57.5. The Morgan fingerprint density at radius 3 is 1.85 bits per heavy atom. The lowest BCUT2D eigenvalue weighted by Crippen LogP contribution is -2.60. The molecule has 79 heavy (non-hydrogen) atoms. The molecule has 7 rings (SSSR count). The molecule has 0 radical (unpaired) electrons. The van der Waals surface area contributed by atoms with Gasteiger partial charge in [-0.2, -0.15) is 0 Å². The predicted molar refractivity (Wildman–Crippen MR) is 307 cm³/mol. The van der Waals surface area contributed by atoms with Crippen LogP contribution in [-0.2, 0) is 61.9 Å². The van der Waals surface area contributed by atoms with Crippen LogP contribution in [0.5, 0.6) is 0 Å². The van der Waals surface area contributed by atoms with Gasteiger partial charge in [0.1, 0.15) is 30.4 Å². The van der Waals surface area contributed by atoms with E-state index in [-0.39, 0.29) is 53.6 Å². The maximum absolute atomic E-state index is 14.9. The van der Waals surface area contributed by atoms with Gasteiger partial charge in [-0.25, -0.2) is 4.79 Å². The fourth-order valence-electron chi connectivity index (χ4n) is 14.0. The lowest BCUT2D eigenvalue weighted by molar-refractivity contribution is -0.150. The molecule has 7 amide bonds. The van der Waals surface area contributed by atoms with Crippen LogP contribution in [-0.4, -0.2) is 84.5 Å². The molecule has 16 heteroatoms. The Kier molecular flexibility index (Phi) is 19.5. The topological polar surface area (TPSA) is 236 Å². The number of hydrogen-bond donors (Lipinski definition) is 7. The Hall–Kier alpha value is -5.79. The molecule has 1 unspecified atom stereocenters. The van der Waals surface area contributed by atoms with Gasteiger partial charge in [0.2, 0.25) is 35.4 Å². The fraction of sp³-hybridized carbons (Fsp3) is 0.667. The summed E-state index contributed by atoms with van der Waals surface area (Å²) < 4.78 is 11.2. The van der Waals surface area contributed by atoms with Gasteiger partial charge in [-0.05, 0) is 193 Å². The number of amides is 7. The molecule has 2 aromatic carbocycles. The number of carbonyl (C=O) groups excluding carboxylic acids is 7. The van der Waals surface area contributed by atoms with E-state index in [0.29, 0.717) is 50.0 Å². The zero-order valence-electron chi connectivity index (χ0n) is 48.9. The van der Waals surface area contributed by atoms with Crippen molar-refractivity contribution in [1.82, 2.24) is 21.3 Å². The van der Waals surface area contributed by atoms with Crippen LogP contribution < -0.4 is 37.6 Å². The van der Waals surface area contributed by atoms with Gasteiger partial charge in [0.25, 0.3) is 0 Å². The SMILES string of the molecule is CC(C)[C@H](NC(=O)[C@H](N)CCCCNC(=O)COC1C#CCCCCC1)C(=O)N[C@@H](C)C(=O)Nc1ccc2c(c1)[C@@]1(C)CCC[C@](C)(C(=O)NC(=O)[C@@]3(C)CCC[C@]4(C)c5cc(NC(=O)OC(C)(C)C)ccc5CC[C@@H]34)[C@@H]1CC2. The number of benzene rings is 2. The van der Waals surface area contributed by atoms with Crippen molar-refractivity contribution in [1.29, 1.82) is 0 Å². The maximum Gasteiger partial charge on any atom is 0.412 e. The van der Waals surface area contributed by atoms with E-state index in [0.717, 1.165) is 100 Å². The lowest BCUT2D eigenvalue weighted by atomic mass is 9.49. The molecule has 2 fully saturated rings. The molecule has 0 heterocycles. The Morgan fingerprint density at radius 2 is 1.28 bits per heavy atom. The number of carbonyl (C=O) groups is 7. The van der Waals surface area contributed by atoms with Crippen LogP contribution in [0.4, 0.5) is 16.2 Å². The molecule has 0 bridgehead atoms. The highest BCUT2D eigenvalue weighted by molar-refractivity contribution is 6.01. The third kappa shape index (κ3) is 14.2. The highest BCUT2D eigenvalue weighted by Gasteiger charge is 2.58. The van der Waals surface area contributed by atoms with Gasteiger partial charge in [0.05, 0.1) is 16.9 Å². The predicted octanol–water partition coefficient (Wildman–Crippen LogP) is 8.95. The fourth-order valence-corrected chi connectivity index (χ4v) is 14.0. The molecule has 5 aliphatic rings. The first kappa shape index (κ1) is 60.8. The summed E-state index contributed by atoms with van der Waals surface area (Å²) in [5, 5.41) is 17.4. The minimum Gasteiger partial charge on any atom is -0.444 e. The van der Waals surface area contributed by atoms with Crippen LogP contribution in [0.2, 0.25) is 0 Å². The van der Waals surface area contributed by atoms with Gasteiger partial charge >= 0.3 is 6.09 Å². The number of anilines is 2. The summed E-state index contributed by atoms with van der Waals surface area (Å²) in [7, 11) is 0. The van der Waals surface area contributed by atoms with Crippen molar-refractivity contribution in [3.8, 4) is 11.8 Å². The van der Waals surface area contributed by atoms with Gasteiger partial charge in [0.15, 0.2) is 0 Å². The van der Waals surface area contributed by atoms with Crippen LogP contribution in [0.25, 0.3) is 0 Å².